The van der Waals surface area contributed by atoms with Gasteiger partial charge in [0.05, 0.1) is 29.9 Å². The molecular formula is C20H18N4O3. The zero-order valence-electron chi connectivity index (χ0n) is 14.5. The van der Waals surface area contributed by atoms with Crippen molar-refractivity contribution in [3.05, 3.63) is 54.9 Å². The Hall–Kier alpha value is -3.35. The van der Waals surface area contributed by atoms with E-state index in [2.05, 4.69) is 15.3 Å². The first kappa shape index (κ1) is 17.1. The molecule has 2 aliphatic rings. The van der Waals surface area contributed by atoms with Crippen LogP contribution in [0.2, 0.25) is 0 Å². The topological polar surface area (TPSA) is 92.3 Å². The number of anilines is 1. The van der Waals surface area contributed by atoms with Crippen LogP contribution in [0.3, 0.4) is 0 Å². The van der Waals surface area contributed by atoms with Gasteiger partial charge in [0.25, 0.3) is 0 Å². The van der Waals surface area contributed by atoms with Crippen molar-refractivity contribution in [2.24, 2.45) is 11.8 Å². The van der Waals surface area contributed by atoms with Gasteiger partial charge < -0.3 is 5.32 Å². The average Bonchev–Trinajstić information content (AvgIpc) is 2.94. The molecule has 3 amide bonds. The highest BCUT2D eigenvalue weighted by Crippen LogP contribution is 2.34. The van der Waals surface area contributed by atoms with Crippen molar-refractivity contribution in [3.63, 3.8) is 0 Å². The molecule has 7 nitrogen and oxygen atoms in total. The van der Waals surface area contributed by atoms with E-state index in [0.717, 1.165) is 10.5 Å². The number of allylic oxidation sites excluding steroid dienone is 2. The van der Waals surface area contributed by atoms with Crippen LogP contribution in [0.15, 0.2) is 54.9 Å². The molecule has 4 rings (SSSR count). The summed E-state index contributed by atoms with van der Waals surface area (Å²) in [7, 11) is 0. The fourth-order valence-electron chi connectivity index (χ4n) is 3.50. The van der Waals surface area contributed by atoms with Crippen LogP contribution in [0, 0.1) is 11.8 Å². The minimum Gasteiger partial charge on any atom is -0.322 e. The number of hydrogen-bond donors (Lipinski definition) is 1. The fourth-order valence-corrected chi connectivity index (χ4v) is 3.50. The van der Waals surface area contributed by atoms with Crippen LogP contribution < -0.4 is 5.32 Å². The van der Waals surface area contributed by atoms with Crippen LogP contribution in [-0.4, -0.2) is 39.1 Å². The number of nitrogens with zero attached hydrogens (tertiary/aromatic N) is 3. The highest BCUT2D eigenvalue weighted by molar-refractivity contribution is 6.08. The van der Waals surface area contributed by atoms with E-state index in [1.54, 1.807) is 0 Å². The molecule has 1 saturated heterocycles. The molecule has 1 aromatic carbocycles. The van der Waals surface area contributed by atoms with Gasteiger partial charge >= 0.3 is 0 Å². The maximum atomic E-state index is 12.4. The van der Waals surface area contributed by atoms with Crippen molar-refractivity contribution >= 4 is 23.4 Å². The third-order valence-corrected chi connectivity index (χ3v) is 4.87. The minimum atomic E-state index is -0.445. The molecular weight excluding hydrogens is 344 g/mol. The van der Waals surface area contributed by atoms with Gasteiger partial charge in [-0.2, -0.15) is 0 Å². The van der Waals surface area contributed by atoms with Gasteiger partial charge in [-0.15, -0.1) is 0 Å². The Bertz CT molecular complexity index is 883. The number of benzene rings is 1. The van der Waals surface area contributed by atoms with Crippen molar-refractivity contribution in [1.82, 2.24) is 14.9 Å². The van der Waals surface area contributed by atoms with E-state index in [9.17, 15) is 14.4 Å². The lowest BCUT2D eigenvalue weighted by atomic mass is 9.85. The second-order valence-electron chi connectivity index (χ2n) is 6.63. The van der Waals surface area contributed by atoms with E-state index in [-0.39, 0.29) is 30.2 Å². The lowest BCUT2D eigenvalue weighted by Gasteiger charge is -2.14. The third-order valence-electron chi connectivity index (χ3n) is 4.87. The van der Waals surface area contributed by atoms with Crippen LogP contribution in [-0.2, 0) is 14.4 Å². The van der Waals surface area contributed by atoms with Crippen molar-refractivity contribution in [1.29, 1.82) is 0 Å². The number of amides is 3. The van der Waals surface area contributed by atoms with Crippen molar-refractivity contribution in [2.45, 2.75) is 12.8 Å². The molecule has 2 unspecified atom stereocenters. The minimum absolute atomic E-state index is 0.264. The number of likely N-dealkylation sites (tertiary alicyclic amines) is 1. The van der Waals surface area contributed by atoms with Crippen LogP contribution in [0.25, 0.3) is 11.4 Å². The van der Waals surface area contributed by atoms with Crippen LogP contribution in [0.5, 0.6) is 0 Å². The van der Waals surface area contributed by atoms with Crippen molar-refractivity contribution in [2.75, 3.05) is 11.9 Å². The molecule has 0 radical (unpaired) electrons. The number of nitrogens with one attached hydrogen (secondary N) is 1. The van der Waals surface area contributed by atoms with Gasteiger partial charge in [-0.1, -0.05) is 42.5 Å². The molecule has 27 heavy (non-hydrogen) atoms. The summed E-state index contributed by atoms with van der Waals surface area (Å²) in [5.41, 5.74) is 1.29. The summed E-state index contributed by atoms with van der Waals surface area (Å²) in [5.74, 6) is -1.08. The Morgan fingerprint density at radius 1 is 1.00 bits per heavy atom. The van der Waals surface area contributed by atoms with Gasteiger partial charge in [-0.05, 0) is 12.8 Å². The Morgan fingerprint density at radius 2 is 1.59 bits per heavy atom. The van der Waals surface area contributed by atoms with E-state index < -0.39 is 5.91 Å². The van der Waals surface area contributed by atoms with Gasteiger partial charge in [0, 0.05) is 5.56 Å². The first-order chi connectivity index (χ1) is 13.1. The van der Waals surface area contributed by atoms with E-state index in [1.807, 2.05) is 42.5 Å². The highest BCUT2D eigenvalue weighted by atomic mass is 16.2. The van der Waals surface area contributed by atoms with Crippen LogP contribution in [0.1, 0.15) is 12.8 Å². The van der Waals surface area contributed by atoms with Crippen molar-refractivity contribution in [3.8, 4) is 11.4 Å². The number of carbonyl (C=O) groups excluding carboxylic acids is 3. The second-order valence-corrected chi connectivity index (χ2v) is 6.63. The zero-order chi connectivity index (χ0) is 18.8. The maximum Gasteiger partial charge on any atom is 0.244 e. The summed E-state index contributed by atoms with van der Waals surface area (Å²) in [6.07, 6.45) is 7.96. The normalized spacial score (nSPS) is 21.3. The highest BCUT2D eigenvalue weighted by Gasteiger charge is 2.47. The predicted octanol–water partition coefficient (Wildman–Crippen LogP) is 2.03. The largest absolute Gasteiger partial charge is 0.322 e. The van der Waals surface area contributed by atoms with E-state index in [1.165, 1.54) is 12.4 Å². The zero-order valence-corrected chi connectivity index (χ0v) is 14.5. The number of hydrogen-bond acceptors (Lipinski definition) is 5. The molecule has 2 aromatic rings. The molecule has 1 aromatic heterocycles. The molecule has 0 spiro atoms. The Morgan fingerprint density at radius 3 is 2.19 bits per heavy atom. The monoisotopic (exact) mass is 362 g/mol. The van der Waals surface area contributed by atoms with Crippen LogP contribution >= 0.6 is 0 Å². The lowest BCUT2D eigenvalue weighted by molar-refractivity contribution is -0.142. The number of rotatable bonds is 4. The number of imide groups is 1. The summed E-state index contributed by atoms with van der Waals surface area (Å²) in [6.45, 7) is -0.287. The molecule has 1 aliphatic carbocycles. The lowest BCUT2D eigenvalue weighted by Crippen LogP contribution is -2.38. The van der Waals surface area contributed by atoms with E-state index >= 15 is 0 Å². The first-order valence-electron chi connectivity index (χ1n) is 8.81. The quantitative estimate of drug-likeness (QED) is 0.664. The van der Waals surface area contributed by atoms with Crippen LogP contribution in [0.4, 0.5) is 5.69 Å². The molecule has 7 heteroatoms. The summed E-state index contributed by atoms with van der Waals surface area (Å²) in [4.78, 5) is 46.7. The molecule has 2 heterocycles. The fraction of sp³-hybridized carbons (Fsp3) is 0.250. The standard InChI is InChI=1S/C20H18N4O3/c25-17(12-24-19(26)15-8-4-5-9-16(15)20(24)27)23-14-10-21-18(22-11-14)13-6-2-1-3-7-13/h1-7,10-11,15-16H,8-9,12H2,(H,23,25). The third kappa shape index (κ3) is 3.36. The van der Waals surface area contributed by atoms with E-state index in [4.69, 9.17) is 0 Å². The summed E-state index contributed by atoms with van der Waals surface area (Å²) in [6, 6.07) is 9.49. The second kappa shape index (κ2) is 7.11. The molecule has 1 N–H and O–H groups in total. The molecule has 1 aliphatic heterocycles. The molecule has 2 atom stereocenters. The van der Waals surface area contributed by atoms with Gasteiger partial charge in [-0.3, -0.25) is 19.3 Å². The average molecular weight is 362 g/mol. The summed E-state index contributed by atoms with van der Waals surface area (Å²) < 4.78 is 0. The number of carbonyl (C=O) groups is 3. The SMILES string of the molecule is O=C(CN1C(=O)C2CC=CCC2C1=O)Nc1cnc(-c2ccccc2)nc1. The Balaban J connectivity index is 1.40. The van der Waals surface area contributed by atoms with E-state index in [0.29, 0.717) is 24.4 Å². The van der Waals surface area contributed by atoms with Gasteiger partial charge in [-0.25, -0.2) is 9.97 Å². The summed E-state index contributed by atoms with van der Waals surface area (Å²) >= 11 is 0. The summed E-state index contributed by atoms with van der Waals surface area (Å²) in [5, 5.41) is 2.64. The molecule has 0 bridgehead atoms. The molecule has 136 valence electrons. The number of aromatic nitrogens is 2. The van der Waals surface area contributed by atoms with Gasteiger partial charge in [0.15, 0.2) is 5.82 Å². The van der Waals surface area contributed by atoms with Crippen molar-refractivity contribution < 1.29 is 14.4 Å². The Labute approximate surface area is 156 Å². The van der Waals surface area contributed by atoms with Gasteiger partial charge in [0.2, 0.25) is 17.7 Å². The Kier molecular flexibility index (Phi) is 4.50. The van der Waals surface area contributed by atoms with Gasteiger partial charge in [0.1, 0.15) is 6.54 Å². The maximum absolute atomic E-state index is 12.4. The molecule has 0 saturated carbocycles. The molecule has 1 fully saturated rings. The first-order valence-corrected chi connectivity index (χ1v) is 8.81. The number of fused-ring (bicyclic) bond motifs is 1. The smallest absolute Gasteiger partial charge is 0.244 e. The predicted molar refractivity (Wildman–Crippen MR) is 98.2 cm³/mol.